The minimum atomic E-state index is -0.212. The first-order valence-electron chi connectivity index (χ1n) is 8.50. The van der Waals surface area contributed by atoms with Gasteiger partial charge in [-0.1, -0.05) is 56.9 Å². The summed E-state index contributed by atoms with van der Waals surface area (Å²) in [5.74, 6) is -0.211. The summed E-state index contributed by atoms with van der Waals surface area (Å²) in [6.07, 6.45) is 5.74. The maximum absolute atomic E-state index is 12.7. The molecule has 0 aliphatic heterocycles. The molecule has 4 nitrogen and oxygen atoms in total. The van der Waals surface area contributed by atoms with Crippen LogP contribution >= 0.6 is 0 Å². The van der Waals surface area contributed by atoms with E-state index in [1.54, 1.807) is 24.3 Å². The second-order valence-corrected chi connectivity index (χ2v) is 5.68. The third-order valence-electron chi connectivity index (χ3n) is 3.95. The van der Waals surface area contributed by atoms with E-state index in [1.165, 1.54) is 19.3 Å². The number of allylic oxidation sites excluding steroid dienone is 2. The highest BCUT2D eigenvalue weighted by Gasteiger charge is 2.33. The molecule has 0 fully saturated rings. The van der Waals surface area contributed by atoms with Crippen molar-refractivity contribution in [3.63, 3.8) is 0 Å². The van der Waals surface area contributed by atoms with Crippen LogP contribution in [0.2, 0.25) is 0 Å². The lowest BCUT2D eigenvalue weighted by molar-refractivity contribution is 0.0873. The van der Waals surface area contributed by atoms with Gasteiger partial charge in [-0.25, -0.2) is 0 Å². The van der Waals surface area contributed by atoms with E-state index in [1.807, 2.05) is 6.92 Å². The quantitative estimate of drug-likeness (QED) is 0.703. The van der Waals surface area contributed by atoms with E-state index in [4.69, 9.17) is 4.74 Å². The van der Waals surface area contributed by atoms with Gasteiger partial charge in [-0.15, -0.1) is 0 Å². The van der Waals surface area contributed by atoms with E-state index in [-0.39, 0.29) is 17.3 Å². The van der Waals surface area contributed by atoms with Crippen molar-refractivity contribution in [2.45, 2.75) is 46.0 Å². The molecule has 1 N–H and O–H groups in total. The van der Waals surface area contributed by atoms with Gasteiger partial charge >= 0.3 is 0 Å². The Labute approximate surface area is 137 Å². The van der Waals surface area contributed by atoms with Crippen LogP contribution < -0.4 is 5.32 Å². The number of hydrogen-bond acceptors (Lipinski definition) is 4. The van der Waals surface area contributed by atoms with Crippen LogP contribution in [0.5, 0.6) is 0 Å². The monoisotopic (exact) mass is 315 g/mol. The first-order chi connectivity index (χ1) is 11.2. The fourth-order valence-electron chi connectivity index (χ4n) is 2.74. The zero-order valence-corrected chi connectivity index (χ0v) is 14.0. The van der Waals surface area contributed by atoms with E-state index in [2.05, 4.69) is 12.2 Å². The molecular weight excluding hydrogens is 290 g/mol. The van der Waals surface area contributed by atoms with Crippen molar-refractivity contribution in [2.24, 2.45) is 0 Å². The molecular formula is C19H25NO3. The Morgan fingerprint density at radius 2 is 1.57 bits per heavy atom. The molecule has 2 rings (SSSR count). The minimum Gasteiger partial charge on any atom is -0.488 e. The summed E-state index contributed by atoms with van der Waals surface area (Å²) >= 11 is 0. The number of rotatable bonds is 9. The van der Waals surface area contributed by atoms with Gasteiger partial charge in [0.05, 0.1) is 6.61 Å². The molecule has 1 aliphatic carbocycles. The van der Waals surface area contributed by atoms with Crippen molar-refractivity contribution >= 4 is 11.6 Å². The maximum Gasteiger partial charge on any atom is 0.230 e. The van der Waals surface area contributed by atoms with Gasteiger partial charge < -0.3 is 10.1 Å². The Hall–Kier alpha value is -2.10. The van der Waals surface area contributed by atoms with E-state index in [0.717, 1.165) is 12.8 Å². The van der Waals surface area contributed by atoms with Crippen molar-refractivity contribution in [2.75, 3.05) is 13.2 Å². The molecule has 0 saturated carbocycles. The minimum absolute atomic E-state index is 0.155. The summed E-state index contributed by atoms with van der Waals surface area (Å²) in [5.41, 5.74) is 1.19. The number of nitrogens with one attached hydrogen (secondary N) is 1. The number of ether oxygens (including phenoxy) is 1. The molecule has 1 aromatic carbocycles. The number of benzene rings is 1. The number of unbranched alkanes of at least 4 members (excludes halogenated alkanes) is 4. The molecule has 0 atom stereocenters. The molecule has 124 valence electrons. The van der Waals surface area contributed by atoms with E-state index < -0.39 is 0 Å². The lowest BCUT2D eigenvalue weighted by Gasteiger charge is -2.21. The topological polar surface area (TPSA) is 55.4 Å². The van der Waals surface area contributed by atoms with Crippen LogP contribution in [0.15, 0.2) is 35.7 Å². The molecule has 0 heterocycles. The van der Waals surface area contributed by atoms with Gasteiger partial charge in [0.1, 0.15) is 5.70 Å². The number of ketones is 2. The van der Waals surface area contributed by atoms with Gasteiger partial charge in [0.2, 0.25) is 11.6 Å². The fraction of sp³-hybridized carbons (Fsp3) is 0.474. The molecule has 0 aromatic heterocycles. The Morgan fingerprint density at radius 3 is 2.22 bits per heavy atom. The smallest absolute Gasteiger partial charge is 0.230 e. The normalized spacial score (nSPS) is 14.0. The van der Waals surface area contributed by atoms with Crippen LogP contribution in [0.3, 0.4) is 0 Å². The van der Waals surface area contributed by atoms with Crippen molar-refractivity contribution in [1.29, 1.82) is 0 Å². The maximum atomic E-state index is 12.7. The van der Waals surface area contributed by atoms with Crippen molar-refractivity contribution in [3.05, 3.63) is 46.8 Å². The predicted octanol–water partition coefficient (Wildman–Crippen LogP) is 3.87. The van der Waals surface area contributed by atoms with Gasteiger partial charge in [0, 0.05) is 17.7 Å². The number of hydrogen-bond donors (Lipinski definition) is 1. The number of carbonyl (C=O) groups is 2. The largest absolute Gasteiger partial charge is 0.488 e. The van der Waals surface area contributed by atoms with Crippen LogP contribution in [-0.4, -0.2) is 24.7 Å². The van der Waals surface area contributed by atoms with Gasteiger partial charge in [0.15, 0.2) is 5.76 Å². The van der Waals surface area contributed by atoms with Gasteiger partial charge in [-0.05, 0) is 13.3 Å². The summed E-state index contributed by atoms with van der Waals surface area (Å²) in [4.78, 5) is 25.2. The average molecular weight is 315 g/mol. The molecule has 23 heavy (non-hydrogen) atoms. The molecule has 0 unspecified atom stereocenters. The highest BCUT2D eigenvalue weighted by molar-refractivity contribution is 6.25. The number of Topliss-reactive ketones (excluding diaryl/α,β-unsaturated/α-hetero) is 2. The number of carbonyl (C=O) groups excluding carboxylic acids is 2. The van der Waals surface area contributed by atoms with Gasteiger partial charge in [0.25, 0.3) is 0 Å². The second-order valence-electron chi connectivity index (χ2n) is 5.68. The van der Waals surface area contributed by atoms with Crippen LogP contribution in [0.25, 0.3) is 0 Å². The molecule has 0 radical (unpaired) electrons. The summed E-state index contributed by atoms with van der Waals surface area (Å²) in [7, 11) is 0. The van der Waals surface area contributed by atoms with Crippen LogP contribution in [0.1, 0.15) is 66.7 Å². The lowest BCUT2D eigenvalue weighted by atomic mass is 9.91. The SMILES string of the molecule is CCCCCCCNC1=C(OCC)C(=O)c2ccccc2C1=O. The first kappa shape index (κ1) is 17.3. The van der Waals surface area contributed by atoms with Crippen molar-refractivity contribution in [3.8, 4) is 0 Å². The van der Waals surface area contributed by atoms with Crippen LogP contribution in [-0.2, 0) is 4.74 Å². The second kappa shape index (κ2) is 8.51. The fourth-order valence-corrected chi connectivity index (χ4v) is 2.74. The van der Waals surface area contributed by atoms with Gasteiger partial charge in [-0.2, -0.15) is 0 Å². The zero-order valence-electron chi connectivity index (χ0n) is 14.0. The predicted molar refractivity (Wildman–Crippen MR) is 90.5 cm³/mol. The molecule has 1 aliphatic rings. The van der Waals surface area contributed by atoms with Crippen molar-refractivity contribution < 1.29 is 14.3 Å². The van der Waals surface area contributed by atoms with E-state index in [9.17, 15) is 9.59 Å². The molecule has 0 amide bonds. The highest BCUT2D eigenvalue weighted by atomic mass is 16.5. The Kier molecular flexibility index (Phi) is 6.39. The highest BCUT2D eigenvalue weighted by Crippen LogP contribution is 2.25. The number of fused-ring (bicyclic) bond motifs is 1. The summed E-state index contributed by atoms with van der Waals surface area (Å²) in [5, 5.41) is 3.14. The third kappa shape index (κ3) is 4.01. The summed E-state index contributed by atoms with van der Waals surface area (Å²) in [6, 6.07) is 6.91. The van der Waals surface area contributed by atoms with Crippen LogP contribution in [0.4, 0.5) is 0 Å². The Balaban J connectivity index is 2.12. The summed E-state index contributed by atoms with van der Waals surface area (Å²) < 4.78 is 5.48. The van der Waals surface area contributed by atoms with E-state index in [0.29, 0.717) is 30.0 Å². The zero-order chi connectivity index (χ0) is 16.7. The summed E-state index contributed by atoms with van der Waals surface area (Å²) in [6.45, 7) is 5.03. The Morgan fingerprint density at radius 1 is 0.913 bits per heavy atom. The van der Waals surface area contributed by atoms with Crippen molar-refractivity contribution in [1.82, 2.24) is 5.32 Å². The molecule has 1 aromatic rings. The standard InChI is InChI=1S/C19H25NO3/c1-3-5-6-7-10-13-20-16-17(21)14-11-8-9-12-15(14)18(22)19(16)23-4-2/h8-9,11-12,20H,3-7,10,13H2,1-2H3. The average Bonchev–Trinajstić information content (AvgIpc) is 2.58. The van der Waals surface area contributed by atoms with Gasteiger partial charge in [-0.3, -0.25) is 9.59 Å². The van der Waals surface area contributed by atoms with E-state index >= 15 is 0 Å². The third-order valence-corrected chi connectivity index (χ3v) is 3.95. The lowest BCUT2D eigenvalue weighted by Crippen LogP contribution is -2.32. The first-order valence-corrected chi connectivity index (χ1v) is 8.50. The molecule has 0 spiro atoms. The van der Waals surface area contributed by atoms with Crippen LogP contribution in [0, 0.1) is 0 Å². The molecule has 4 heteroatoms. The molecule has 0 bridgehead atoms. The Bertz CT molecular complexity index is 604. The molecule has 0 saturated heterocycles.